The van der Waals surface area contributed by atoms with Crippen LogP contribution in [0.4, 0.5) is 0 Å². The average molecular weight is 350 g/mol. The van der Waals surface area contributed by atoms with Crippen LogP contribution in [0.25, 0.3) is 0 Å². The molecule has 1 aromatic heterocycles. The van der Waals surface area contributed by atoms with E-state index in [1.807, 2.05) is 13.2 Å². The van der Waals surface area contributed by atoms with Crippen LogP contribution < -0.4 is 0 Å². The molecule has 2 aliphatic rings. The summed E-state index contributed by atoms with van der Waals surface area (Å²) < 4.78 is 11.2. The summed E-state index contributed by atoms with van der Waals surface area (Å²) in [6.07, 6.45) is 6.77. The molecule has 0 amide bonds. The number of furan rings is 1. The molecule has 4 nitrogen and oxygen atoms in total. The molecule has 1 saturated carbocycles. The van der Waals surface area contributed by atoms with Crippen molar-refractivity contribution in [3.8, 4) is 0 Å². The molecule has 1 fully saturated rings. The van der Waals surface area contributed by atoms with Crippen LogP contribution in [-0.4, -0.2) is 23.4 Å². The molecule has 24 heavy (non-hydrogen) atoms. The van der Waals surface area contributed by atoms with Gasteiger partial charge in [0.05, 0.1) is 6.26 Å². The molecule has 1 aromatic rings. The Labute approximate surface area is 147 Å². The Morgan fingerprint density at radius 1 is 1.50 bits per heavy atom. The first-order chi connectivity index (χ1) is 11.4. The molecule has 1 N–H and O–H groups in total. The molecule has 5 atom stereocenters. The zero-order valence-corrected chi connectivity index (χ0v) is 15.6. The SMILES string of the molecule is CSC=CC(=O)O[C@H]1C[C@@H]2[C@@H](O)c3occ(C)c3C[C@]2(C)[C@@H](C)C1. The number of fused-ring (bicyclic) bond motifs is 2. The number of aryl methyl sites for hydroxylation is 1. The fourth-order valence-electron chi connectivity index (χ4n) is 4.42. The van der Waals surface area contributed by atoms with Crippen molar-refractivity contribution in [2.75, 3.05) is 6.26 Å². The topological polar surface area (TPSA) is 59.7 Å². The quantitative estimate of drug-likeness (QED) is 0.659. The van der Waals surface area contributed by atoms with E-state index in [9.17, 15) is 9.90 Å². The molecule has 0 aromatic carbocycles. The number of ether oxygens (including phenoxy) is 1. The number of rotatable bonds is 3. The Hall–Kier alpha value is -1.20. The highest BCUT2D eigenvalue weighted by Gasteiger charge is 2.53. The minimum Gasteiger partial charge on any atom is -0.466 e. The summed E-state index contributed by atoms with van der Waals surface area (Å²) in [5.74, 6) is 0.804. The first-order valence-electron chi connectivity index (χ1n) is 8.51. The Bertz CT molecular complexity index is 650. The summed E-state index contributed by atoms with van der Waals surface area (Å²) in [4.78, 5) is 11.9. The van der Waals surface area contributed by atoms with Crippen LogP contribution >= 0.6 is 11.8 Å². The van der Waals surface area contributed by atoms with Crippen LogP contribution in [0.5, 0.6) is 0 Å². The number of carbonyl (C=O) groups is 1. The zero-order valence-electron chi connectivity index (χ0n) is 14.7. The fourth-order valence-corrected chi connectivity index (χ4v) is 4.67. The van der Waals surface area contributed by atoms with E-state index >= 15 is 0 Å². The van der Waals surface area contributed by atoms with E-state index in [1.165, 1.54) is 17.8 Å². The Morgan fingerprint density at radius 2 is 2.25 bits per heavy atom. The molecule has 0 saturated heterocycles. The maximum absolute atomic E-state index is 11.9. The van der Waals surface area contributed by atoms with Crippen LogP contribution in [0.2, 0.25) is 0 Å². The number of esters is 1. The van der Waals surface area contributed by atoms with Crippen molar-refractivity contribution in [1.29, 1.82) is 0 Å². The number of hydrogen-bond donors (Lipinski definition) is 1. The molecule has 0 bridgehead atoms. The summed E-state index contributed by atoms with van der Waals surface area (Å²) in [5.41, 5.74) is 2.28. The van der Waals surface area contributed by atoms with Gasteiger partial charge in [-0.05, 0) is 60.3 Å². The second kappa shape index (κ2) is 6.60. The molecule has 132 valence electrons. The molecule has 0 unspecified atom stereocenters. The maximum Gasteiger partial charge on any atom is 0.331 e. The van der Waals surface area contributed by atoms with Gasteiger partial charge in [-0.3, -0.25) is 0 Å². The second-order valence-corrected chi connectivity index (χ2v) is 8.21. The van der Waals surface area contributed by atoms with Gasteiger partial charge in [0.25, 0.3) is 0 Å². The Balaban J connectivity index is 1.82. The van der Waals surface area contributed by atoms with E-state index in [-0.39, 0.29) is 23.4 Å². The zero-order chi connectivity index (χ0) is 17.5. The highest BCUT2D eigenvalue weighted by atomic mass is 32.2. The highest BCUT2D eigenvalue weighted by molar-refractivity contribution is 8.01. The van der Waals surface area contributed by atoms with Gasteiger partial charge in [-0.25, -0.2) is 4.79 Å². The molecule has 0 spiro atoms. The van der Waals surface area contributed by atoms with Gasteiger partial charge in [-0.2, -0.15) is 0 Å². The van der Waals surface area contributed by atoms with Gasteiger partial charge in [0.15, 0.2) is 0 Å². The summed E-state index contributed by atoms with van der Waals surface area (Å²) in [6.45, 7) is 6.50. The number of aliphatic hydroxyl groups is 1. The number of hydrogen-bond acceptors (Lipinski definition) is 5. The predicted octanol–water partition coefficient (Wildman–Crippen LogP) is 4.02. The molecule has 1 heterocycles. The van der Waals surface area contributed by atoms with E-state index < -0.39 is 6.10 Å². The first kappa shape index (κ1) is 17.6. The van der Waals surface area contributed by atoms with Gasteiger partial charge < -0.3 is 14.3 Å². The molecular weight excluding hydrogens is 324 g/mol. The van der Waals surface area contributed by atoms with Crippen molar-refractivity contribution >= 4 is 17.7 Å². The maximum atomic E-state index is 11.9. The second-order valence-electron chi connectivity index (χ2n) is 7.47. The van der Waals surface area contributed by atoms with Gasteiger partial charge in [-0.15, -0.1) is 11.8 Å². The number of aliphatic hydroxyl groups excluding tert-OH is 1. The van der Waals surface area contributed by atoms with Crippen molar-refractivity contribution in [2.45, 2.75) is 52.2 Å². The lowest BCUT2D eigenvalue weighted by atomic mass is 9.54. The first-order valence-corrected chi connectivity index (χ1v) is 9.80. The summed E-state index contributed by atoms with van der Waals surface area (Å²) in [5, 5.41) is 12.6. The summed E-state index contributed by atoms with van der Waals surface area (Å²) in [7, 11) is 0. The van der Waals surface area contributed by atoms with Gasteiger partial charge in [0.2, 0.25) is 0 Å². The third kappa shape index (κ3) is 2.93. The van der Waals surface area contributed by atoms with Gasteiger partial charge >= 0.3 is 5.97 Å². The molecule has 0 radical (unpaired) electrons. The Kier molecular flexibility index (Phi) is 4.85. The van der Waals surface area contributed by atoms with Crippen molar-refractivity contribution in [3.63, 3.8) is 0 Å². The third-order valence-corrected chi connectivity index (χ3v) is 6.48. The predicted molar refractivity (Wildman–Crippen MR) is 94.6 cm³/mol. The largest absolute Gasteiger partial charge is 0.466 e. The Morgan fingerprint density at radius 3 is 2.96 bits per heavy atom. The van der Waals surface area contributed by atoms with Gasteiger partial charge in [-0.1, -0.05) is 13.8 Å². The van der Waals surface area contributed by atoms with Crippen LogP contribution in [-0.2, 0) is 16.0 Å². The van der Waals surface area contributed by atoms with Crippen molar-refractivity contribution in [1.82, 2.24) is 0 Å². The van der Waals surface area contributed by atoms with E-state index in [2.05, 4.69) is 13.8 Å². The molecular formula is C19H26O4S. The van der Waals surface area contributed by atoms with E-state index in [0.29, 0.717) is 18.1 Å². The van der Waals surface area contributed by atoms with E-state index in [4.69, 9.17) is 9.15 Å². The minimum absolute atomic E-state index is 0.000925. The number of thioether (sulfide) groups is 1. The van der Waals surface area contributed by atoms with Gasteiger partial charge in [0, 0.05) is 12.0 Å². The summed E-state index contributed by atoms with van der Waals surface area (Å²) in [6, 6.07) is 0. The molecule has 3 rings (SSSR count). The normalized spacial score (nSPS) is 35.5. The van der Waals surface area contributed by atoms with Crippen LogP contribution in [0.3, 0.4) is 0 Å². The molecule has 0 aliphatic heterocycles. The molecule has 5 heteroatoms. The lowest BCUT2D eigenvalue weighted by Crippen LogP contribution is -2.49. The minimum atomic E-state index is -0.627. The van der Waals surface area contributed by atoms with Crippen molar-refractivity contribution in [2.24, 2.45) is 17.3 Å². The monoisotopic (exact) mass is 350 g/mol. The van der Waals surface area contributed by atoms with E-state index in [0.717, 1.165) is 24.0 Å². The summed E-state index contributed by atoms with van der Waals surface area (Å²) >= 11 is 1.47. The number of carbonyl (C=O) groups excluding carboxylic acids is 1. The third-order valence-electron chi connectivity index (χ3n) is 6.07. The molecule has 2 aliphatic carbocycles. The van der Waals surface area contributed by atoms with Gasteiger partial charge in [0.1, 0.15) is 18.0 Å². The average Bonchev–Trinajstić information content (AvgIpc) is 2.89. The lowest BCUT2D eigenvalue weighted by Gasteiger charge is -2.52. The van der Waals surface area contributed by atoms with Crippen molar-refractivity contribution in [3.05, 3.63) is 34.6 Å². The smallest absolute Gasteiger partial charge is 0.331 e. The standard InChI is InChI=1S/C19H26O4S/c1-11-10-22-18-14(11)9-19(3)12(2)7-13(8-15(19)17(18)21)23-16(20)5-6-24-4/h5-6,10,12-13,15,17,21H,7-9H2,1-4H3/t12-,13+,15+,17+,19+/m0/s1. The van der Waals surface area contributed by atoms with Crippen LogP contribution in [0.1, 0.15) is 49.7 Å². The van der Waals surface area contributed by atoms with Crippen LogP contribution in [0, 0.1) is 24.2 Å². The fraction of sp³-hybridized carbons (Fsp3) is 0.632. The van der Waals surface area contributed by atoms with E-state index in [1.54, 1.807) is 11.7 Å². The van der Waals surface area contributed by atoms with Crippen molar-refractivity contribution < 1.29 is 19.1 Å². The highest BCUT2D eigenvalue weighted by Crippen LogP contribution is 2.56. The lowest BCUT2D eigenvalue weighted by molar-refractivity contribution is -0.155. The van der Waals surface area contributed by atoms with Crippen LogP contribution in [0.15, 0.2) is 22.2 Å².